The van der Waals surface area contributed by atoms with Gasteiger partial charge in [0.1, 0.15) is 11.3 Å². The molecule has 0 spiro atoms. The van der Waals surface area contributed by atoms with Gasteiger partial charge in [-0.15, -0.1) is 0 Å². The van der Waals surface area contributed by atoms with Crippen molar-refractivity contribution in [1.29, 1.82) is 0 Å². The van der Waals surface area contributed by atoms with Crippen molar-refractivity contribution in [2.24, 2.45) is 0 Å². The largest absolute Gasteiger partial charge is 0.492 e. The SMILES string of the molecule is Cc1cccc(C(=O)O)c1OCCCN(C)C. The predicted octanol–water partition coefficient (Wildman–Crippen LogP) is 2.02. The molecular formula is C13H19NO3. The zero-order valence-corrected chi connectivity index (χ0v) is 10.6. The fourth-order valence-corrected chi connectivity index (χ4v) is 1.57. The Hall–Kier alpha value is -1.55. The molecule has 0 atom stereocenters. The van der Waals surface area contributed by atoms with Crippen LogP contribution >= 0.6 is 0 Å². The zero-order valence-electron chi connectivity index (χ0n) is 10.6. The van der Waals surface area contributed by atoms with E-state index in [-0.39, 0.29) is 5.56 Å². The van der Waals surface area contributed by atoms with Crippen molar-refractivity contribution in [2.45, 2.75) is 13.3 Å². The van der Waals surface area contributed by atoms with E-state index < -0.39 is 5.97 Å². The van der Waals surface area contributed by atoms with E-state index in [4.69, 9.17) is 9.84 Å². The number of nitrogens with zero attached hydrogens (tertiary/aromatic N) is 1. The standard InChI is InChI=1S/C13H19NO3/c1-10-6-4-7-11(13(15)16)12(10)17-9-5-8-14(2)3/h4,6-7H,5,8-9H2,1-3H3,(H,15,16). The number of carboxylic acids is 1. The summed E-state index contributed by atoms with van der Waals surface area (Å²) in [7, 11) is 3.99. The summed E-state index contributed by atoms with van der Waals surface area (Å²) in [6, 6.07) is 5.15. The molecule has 0 fully saturated rings. The van der Waals surface area contributed by atoms with Crippen LogP contribution in [0.25, 0.3) is 0 Å². The van der Waals surface area contributed by atoms with Crippen LogP contribution in [0.1, 0.15) is 22.3 Å². The Labute approximate surface area is 102 Å². The molecule has 0 aliphatic heterocycles. The lowest BCUT2D eigenvalue weighted by atomic mass is 10.1. The maximum absolute atomic E-state index is 11.0. The summed E-state index contributed by atoms with van der Waals surface area (Å²) in [4.78, 5) is 13.1. The molecule has 4 nitrogen and oxygen atoms in total. The fraction of sp³-hybridized carbons (Fsp3) is 0.462. The first-order valence-corrected chi connectivity index (χ1v) is 5.63. The summed E-state index contributed by atoms with van der Waals surface area (Å²) in [6.07, 6.45) is 0.875. The second-order valence-electron chi connectivity index (χ2n) is 4.26. The molecule has 4 heteroatoms. The van der Waals surface area contributed by atoms with E-state index in [2.05, 4.69) is 4.90 Å². The van der Waals surface area contributed by atoms with Crippen LogP contribution in [-0.2, 0) is 0 Å². The molecule has 0 saturated carbocycles. The molecule has 0 saturated heterocycles. The van der Waals surface area contributed by atoms with Crippen LogP contribution in [0, 0.1) is 6.92 Å². The summed E-state index contributed by atoms with van der Waals surface area (Å²) in [6.45, 7) is 3.31. The van der Waals surface area contributed by atoms with E-state index in [0.717, 1.165) is 18.5 Å². The third-order valence-electron chi connectivity index (χ3n) is 2.44. The average molecular weight is 237 g/mol. The highest BCUT2D eigenvalue weighted by Crippen LogP contribution is 2.23. The Bertz CT molecular complexity index is 388. The lowest BCUT2D eigenvalue weighted by Gasteiger charge is -2.13. The van der Waals surface area contributed by atoms with Crippen molar-refractivity contribution in [3.8, 4) is 5.75 Å². The van der Waals surface area contributed by atoms with E-state index in [0.29, 0.717) is 12.4 Å². The van der Waals surface area contributed by atoms with Gasteiger partial charge in [-0.3, -0.25) is 0 Å². The Morgan fingerprint density at radius 1 is 1.41 bits per heavy atom. The molecule has 0 unspecified atom stereocenters. The molecule has 1 N–H and O–H groups in total. The number of aryl methyl sites for hydroxylation is 1. The molecule has 94 valence electrons. The van der Waals surface area contributed by atoms with Gasteiger partial charge in [0, 0.05) is 6.54 Å². The van der Waals surface area contributed by atoms with E-state index >= 15 is 0 Å². The number of ether oxygens (including phenoxy) is 1. The summed E-state index contributed by atoms with van der Waals surface area (Å²) >= 11 is 0. The van der Waals surface area contributed by atoms with Crippen molar-refractivity contribution in [3.63, 3.8) is 0 Å². The maximum atomic E-state index is 11.0. The highest BCUT2D eigenvalue weighted by Gasteiger charge is 2.12. The molecule has 0 radical (unpaired) electrons. The lowest BCUT2D eigenvalue weighted by molar-refractivity contribution is 0.0692. The number of hydrogen-bond acceptors (Lipinski definition) is 3. The first-order valence-electron chi connectivity index (χ1n) is 5.63. The Morgan fingerprint density at radius 2 is 2.12 bits per heavy atom. The second kappa shape index (κ2) is 6.25. The molecule has 0 bridgehead atoms. The molecule has 17 heavy (non-hydrogen) atoms. The van der Waals surface area contributed by atoms with Gasteiger partial charge in [0.15, 0.2) is 0 Å². The third-order valence-corrected chi connectivity index (χ3v) is 2.44. The van der Waals surface area contributed by atoms with Crippen molar-refractivity contribution in [1.82, 2.24) is 4.90 Å². The average Bonchev–Trinajstić information content (AvgIpc) is 2.25. The molecule has 1 aromatic rings. The molecule has 0 aliphatic rings. The zero-order chi connectivity index (χ0) is 12.8. The Kier molecular flexibility index (Phi) is 4.97. The summed E-state index contributed by atoms with van der Waals surface area (Å²) in [5.41, 5.74) is 1.09. The van der Waals surface area contributed by atoms with Crippen molar-refractivity contribution < 1.29 is 14.6 Å². The highest BCUT2D eigenvalue weighted by molar-refractivity contribution is 5.91. The second-order valence-corrected chi connectivity index (χ2v) is 4.26. The van der Waals surface area contributed by atoms with Crippen LogP contribution in [0.2, 0.25) is 0 Å². The number of para-hydroxylation sites is 1. The number of carboxylic acid groups (broad SMARTS) is 1. The molecule has 0 amide bonds. The van der Waals surface area contributed by atoms with Gasteiger partial charge in [0.25, 0.3) is 0 Å². The molecule has 1 aromatic carbocycles. The van der Waals surface area contributed by atoms with Crippen molar-refractivity contribution in [2.75, 3.05) is 27.2 Å². The summed E-state index contributed by atoms with van der Waals surface area (Å²) < 4.78 is 5.57. The minimum Gasteiger partial charge on any atom is -0.492 e. The van der Waals surface area contributed by atoms with E-state index in [1.807, 2.05) is 27.1 Å². The lowest BCUT2D eigenvalue weighted by Crippen LogP contribution is -2.16. The predicted molar refractivity (Wildman–Crippen MR) is 66.8 cm³/mol. The van der Waals surface area contributed by atoms with Gasteiger partial charge in [0.2, 0.25) is 0 Å². The normalized spacial score (nSPS) is 10.6. The van der Waals surface area contributed by atoms with Crippen LogP contribution in [0.5, 0.6) is 5.75 Å². The topological polar surface area (TPSA) is 49.8 Å². The molecular weight excluding hydrogens is 218 g/mol. The number of carbonyl (C=O) groups is 1. The smallest absolute Gasteiger partial charge is 0.339 e. The molecule has 0 aliphatic carbocycles. The number of hydrogen-bond donors (Lipinski definition) is 1. The minimum atomic E-state index is -0.948. The highest BCUT2D eigenvalue weighted by atomic mass is 16.5. The molecule has 0 aromatic heterocycles. The fourth-order valence-electron chi connectivity index (χ4n) is 1.57. The number of aromatic carboxylic acids is 1. The van der Waals surface area contributed by atoms with Gasteiger partial charge in [-0.2, -0.15) is 0 Å². The van der Waals surface area contributed by atoms with Gasteiger partial charge in [-0.1, -0.05) is 12.1 Å². The van der Waals surface area contributed by atoms with Gasteiger partial charge in [-0.25, -0.2) is 4.79 Å². The van der Waals surface area contributed by atoms with Crippen molar-refractivity contribution in [3.05, 3.63) is 29.3 Å². The van der Waals surface area contributed by atoms with Crippen LogP contribution < -0.4 is 4.74 Å². The number of rotatable bonds is 6. The monoisotopic (exact) mass is 237 g/mol. The van der Waals surface area contributed by atoms with Crippen LogP contribution in [-0.4, -0.2) is 43.2 Å². The van der Waals surface area contributed by atoms with Crippen LogP contribution in [0.15, 0.2) is 18.2 Å². The Balaban J connectivity index is 2.66. The Morgan fingerprint density at radius 3 is 2.71 bits per heavy atom. The van der Waals surface area contributed by atoms with Gasteiger partial charge in [0.05, 0.1) is 6.61 Å². The van der Waals surface area contributed by atoms with E-state index in [1.165, 1.54) is 0 Å². The summed E-state index contributed by atoms with van der Waals surface area (Å²) in [5.74, 6) is -0.463. The first kappa shape index (κ1) is 13.5. The van der Waals surface area contributed by atoms with Gasteiger partial charge >= 0.3 is 5.97 Å². The summed E-state index contributed by atoms with van der Waals surface area (Å²) in [5, 5.41) is 9.05. The van der Waals surface area contributed by atoms with Gasteiger partial charge < -0.3 is 14.7 Å². The van der Waals surface area contributed by atoms with E-state index in [1.54, 1.807) is 12.1 Å². The van der Waals surface area contributed by atoms with Gasteiger partial charge in [-0.05, 0) is 39.1 Å². The number of benzene rings is 1. The van der Waals surface area contributed by atoms with E-state index in [9.17, 15) is 4.79 Å². The minimum absolute atomic E-state index is 0.231. The maximum Gasteiger partial charge on any atom is 0.339 e. The quantitative estimate of drug-likeness (QED) is 0.769. The van der Waals surface area contributed by atoms with Crippen LogP contribution in [0.3, 0.4) is 0 Å². The van der Waals surface area contributed by atoms with Crippen molar-refractivity contribution >= 4 is 5.97 Å². The molecule has 1 rings (SSSR count). The first-order chi connectivity index (χ1) is 8.02. The third kappa shape index (κ3) is 4.07. The molecule has 0 heterocycles. The van der Waals surface area contributed by atoms with Crippen LogP contribution in [0.4, 0.5) is 0 Å².